The molecule has 1 heterocycles. The number of rotatable bonds is 6. The van der Waals surface area contributed by atoms with Crippen LogP contribution in [-0.2, 0) is 9.59 Å². The molecule has 0 bridgehead atoms. The van der Waals surface area contributed by atoms with Crippen molar-refractivity contribution in [3.8, 4) is 5.75 Å². The highest BCUT2D eigenvalue weighted by Crippen LogP contribution is 2.21. The standard InChI is InChI=1S/C21H22FN3O3/c1-15-4-3-5-17(14-15)25-20(26)11-10-19(23-25)21(27)24(2)12-13-28-18-8-6-16(22)7-9-18/h3-9,14H,10-13H2,1-2H3. The minimum absolute atomic E-state index is 0.135. The lowest BCUT2D eigenvalue weighted by atomic mass is 10.1. The van der Waals surface area contributed by atoms with Crippen LogP contribution in [0.3, 0.4) is 0 Å². The molecule has 2 aromatic carbocycles. The van der Waals surface area contributed by atoms with E-state index in [4.69, 9.17) is 4.74 Å². The molecule has 0 N–H and O–H groups in total. The van der Waals surface area contributed by atoms with E-state index in [1.807, 2.05) is 25.1 Å². The van der Waals surface area contributed by atoms with E-state index in [0.717, 1.165) is 5.56 Å². The van der Waals surface area contributed by atoms with Gasteiger partial charge < -0.3 is 9.64 Å². The minimum Gasteiger partial charge on any atom is -0.492 e. The molecule has 0 aliphatic carbocycles. The van der Waals surface area contributed by atoms with Crippen LogP contribution >= 0.6 is 0 Å². The summed E-state index contributed by atoms with van der Waals surface area (Å²) in [7, 11) is 1.66. The number of amides is 2. The molecule has 0 aromatic heterocycles. The topological polar surface area (TPSA) is 62.2 Å². The number of hydrogen-bond donors (Lipinski definition) is 0. The van der Waals surface area contributed by atoms with E-state index >= 15 is 0 Å². The first-order chi connectivity index (χ1) is 13.4. The van der Waals surface area contributed by atoms with Crippen LogP contribution in [0.1, 0.15) is 18.4 Å². The number of carbonyl (C=O) groups is 2. The van der Waals surface area contributed by atoms with Crippen molar-refractivity contribution in [1.82, 2.24) is 4.90 Å². The number of ether oxygens (including phenoxy) is 1. The quantitative estimate of drug-likeness (QED) is 0.770. The minimum atomic E-state index is -0.331. The zero-order valence-corrected chi connectivity index (χ0v) is 15.9. The van der Waals surface area contributed by atoms with Gasteiger partial charge in [-0.1, -0.05) is 12.1 Å². The Morgan fingerprint density at radius 2 is 1.96 bits per heavy atom. The molecule has 146 valence electrons. The van der Waals surface area contributed by atoms with E-state index in [1.165, 1.54) is 34.2 Å². The largest absolute Gasteiger partial charge is 0.492 e. The third-order valence-corrected chi connectivity index (χ3v) is 4.38. The van der Waals surface area contributed by atoms with Crippen LogP contribution in [0, 0.1) is 12.7 Å². The van der Waals surface area contributed by atoms with E-state index in [1.54, 1.807) is 13.1 Å². The molecular formula is C21H22FN3O3. The van der Waals surface area contributed by atoms with Gasteiger partial charge in [-0.2, -0.15) is 5.10 Å². The first-order valence-electron chi connectivity index (χ1n) is 9.05. The highest BCUT2D eigenvalue weighted by atomic mass is 19.1. The van der Waals surface area contributed by atoms with Crippen LogP contribution < -0.4 is 9.75 Å². The molecule has 1 aliphatic rings. The van der Waals surface area contributed by atoms with Gasteiger partial charge in [-0.05, 0) is 48.9 Å². The third-order valence-electron chi connectivity index (χ3n) is 4.38. The second-order valence-electron chi connectivity index (χ2n) is 6.62. The second kappa shape index (κ2) is 8.65. The fourth-order valence-corrected chi connectivity index (χ4v) is 2.82. The van der Waals surface area contributed by atoms with E-state index in [0.29, 0.717) is 30.1 Å². The number of hydrazone groups is 1. The van der Waals surface area contributed by atoms with Gasteiger partial charge in [0, 0.05) is 19.9 Å². The fraction of sp³-hybridized carbons (Fsp3) is 0.286. The van der Waals surface area contributed by atoms with Gasteiger partial charge in [-0.15, -0.1) is 0 Å². The lowest BCUT2D eigenvalue weighted by Gasteiger charge is -2.25. The van der Waals surface area contributed by atoms with E-state index in [9.17, 15) is 14.0 Å². The summed E-state index contributed by atoms with van der Waals surface area (Å²) in [5.41, 5.74) is 2.00. The molecule has 2 aromatic rings. The van der Waals surface area contributed by atoms with E-state index in [2.05, 4.69) is 5.10 Å². The van der Waals surface area contributed by atoms with Crippen molar-refractivity contribution < 1.29 is 18.7 Å². The second-order valence-corrected chi connectivity index (χ2v) is 6.62. The summed E-state index contributed by atoms with van der Waals surface area (Å²) in [5.74, 6) is -0.173. The fourth-order valence-electron chi connectivity index (χ4n) is 2.82. The van der Waals surface area contributed by atoms with Crippen molar-refractivity contribution in [3.05, 3.63) is 59.9 Å². The van der Waals surface area contributed by atoms with Crippen LogP contribution in [0.2, 0.25) is 0 Å². The molecule has 0 fully saturated rings. The number of hydrogen-bond acceptors (Lipinski definition) is 4. The summed E-state index contributed by atoms with van der Waals surface area (Å²) in [5, 5.41) is 5.60. The Morgan fingerprint density at radius 3 is 2.68 bits per heavy atom. The highest BCUT2D eigenvalue weighted by Gasteiger charge is 2.27. The van der Waals surface area contributed by atoms with Crippen molar-refractivity contribution in [3.63, 3.8) is 0 Å². The number of aryl methyl sites for hydroxylation is 1. The van der Waals surface area contributed by atoms with Gasteiger partial charge in [0.2, 0.25) is 5.91 Å². The monoisotopic (exact) mass is 383 g/mol. The summed E-state index contributed by atoms with van der Waals surface area (Å²) in [6, 6.07) is 13.1. The van der Waals surface area contributed by atoms with Crippen LogP contribution in [0.4, 0.5) is 10.1 Å². The maximum absolute atomic E-state index is 12.9. The Bertz CT molecular complexity index is 896. The Labute approximate surface area is 163 Å². The third kappa shape index (κ3) is 4.73. The molecule has 3 rings (SSSR count). The molecule has 0 unspecified atom stereocenters. The molecule has 0 spiro atoms. The van der Waals surface area contributed by atoms with Gasteiger partial charge in [-0.25, -0.2) is 9.40 Å². The van der Waals surface area contributed by atoms with Crippen LogP contribution in [-0.4, -0.2) is 42.6 Å². The molecule has 7 heteroatoms. The average Bonchev–Trinajstić information content (AvgIpc) is 2.69. The number of likely N-dealkylation sites (N-methyl/N-ethyl adjacent to an activating group) is 1. The van der Waals surface area contributed by atoms with Gasteiger partial charge in [0.15, 0.2) is 0 Å². The summed E-state index contributed by atoms with van der Waals surface area (Å²) in [4.78, 5) is 26.4. The van der Waals surface area contributed by atoms with Gasteiger partial charge >= 0.3 is 0 Å². The highest BCUT2D eigenvalue weighted by molar-refractivity contribution is 6.40. The molecule has 6 nitrogen and oxygen atoms in total. The Kier molecular flexibility index (Phi) is 6.03. The number of anilines is 1. The van der Waals surface area contributed by atoms with Gasteiger partial charge in [0.05, 0.1) is 12.2 Å². The summed E-state index contributed by atoms with van der Waals surface area (Å²) < 4.78 is 18.4. The number of carbonyl (C=O) groups excluding carboxylic acids is 2. The van der Waals surface area contributed by atoms with Gasteiger partial charge in [-0.3, -0.25) is 9.59 Å². The lowest BCUT2D eigenvalue weighted by Crippen LogP contribution is -2.41. The normalized spacial score (nSPS) is 13.9. The molecule has 0 radical (unpaired) electrons. The summed E-state index contributed by atoms with van der Waals surface area (Å²) in [6.07, 6.45) is 0.543. The smallest absolute Gasteiger partial charge is 0.269 e. The predicted molar refractivity (Wildman–Crippen MR) is 105 cm³/mol. The SMILES string of the molecule is Cc1cccc(N2N=C(C(=O)N(C)CCOc3ccc(F)cc3)CCC2=O)c1. The molecule has 28 heavy (non-hydrogen) atoms. The van der Waals surface area contributed by atoms with E-state index < -0.39 is 0 Å². The zero-order valence-electron chi connectivity index (χ0n) is 15.9. The molecule has 1 aliphatic heterocycles. The van der Waals surface area contributed by atoms with Crippen molar-refractivity contribution in [2.45, 2.75) is 19.8 Å². The molecule has 2 amide bonds. The van der Waals surface area contributed by atoms with Crippen molar-refractivity contribution >= 4 is 23.2 Å². The molecule has 0 saturated carbocycles. The number of benzene rings is 2. The maximum atomic E-state index is 12.9. The molecule has 0 saturated heterocycles. The number of halogens is 1. The van der Waals surface area contributed by atoms with Crippen LogP contribution in [0.25, 0.3) is 0 Å². The van der Waals surface area contributed by atoms with Crippen LogP contribution in [0.5, 0.6) is 5.75 Å². The lowest BCUT2D eigenvalue weighted by molar-refractivity contribution is -0.123. The zero-order chi connectivity index (χ0) is 20.1. The molecule has 0 atom stereocenters. The average molecular weight is 383 g/mol. The van der Waals surface area contributed by atoms with Crippen molar-refractivity contribution in [1.29, 1.82) is 0 Å². The summed E-state index contributed by atoms with van der Waals surface area (Å²) in [6.45, 7) is 2.54. The first kappa shape index (κ1) is 19.5. The molecular weight excluding hydrogens is 361 g/mol. The predicted octanol–water partition coefficient (Wildman–Crippen LogP) is 3.15. The Morgan fingerprint density at radius 1 is 1.21 bits per heavy atom. The van der Waals surface area contributed by atoms with Crippen LogP contribution in [0.15, 0.2) is 53.6 Å². The Balaban J connectivity index is 1.62. The summed E-state index contributed by atoms with van der Waals surface area (Å²) >= 11 is 0. The first-order valence-corrected chi connectivity index (χ1v) is 9.05. The van der Waals surface area contributed by atoms with Gasteiger partial charge in [0.1, 0.15) is 23.9 Å². The van der Waals surface area contributed by atoms with Crippen molar-refractivity contribution in [2.24, 2.45) is 5.10 Å². The van der Waals surface area contributed by atoms with E-state index in [-0.39, 0.29) is 30.7 Å². The van der Waals surface area contributed by atoms with Gasteiger partial charge in [0.25, 0.3) is 5.91 Å². The number of nitrogens with zero attached hydrogens (tertiary/aromatic N) is 3. The maximum Gasteiger partial charge on any atom is 0.269 e. The van der Waals surface area contributed by atoms with Crippen molar-refractivity contribution in [2.75, 3.05) is 25.2 Å². The Hall–Kier alpha value is -3.22.